The van der Waals surface area contributed by atoms with Crippen molar-refractivity contribution < 1.29 is 15.0 Å². The van der Waals surface area contributed by atoms with Crippen LogP contribution in [0, 0.1) is 28.6 Å². The second-order valence-electron chi connectivity index (χ2n) is 8.85. The van der Waals surface area contributed by atoms with E-state index >= 15 is 0 Å². The van der Waals surface area contributed by atoms with Gasteiger partial charge < -0.3 is 10.2 Å². The van der Waals surface area contributed by atoms with Gasteiger partial charge in [-0.3, -0.25) is 0 Å². The van der Waals surface area contributed by atoms with Crippen LogP contribution in [0.5, 0.6) is 0 Å². The maximum Gasteiger partial charge on any atom is 0.331 e. The van der Waals surface area contributed by atoms with Crippen LogP contribution in [0.2, 0.25) is 0 Å². The quantitative estimate of drug-likeness (QED) is 0.748. The molecule has 0 spiro atoms. The second-order valence-corrected chi connectivity index (χ2v) is 8.85. The van der Waals surface area contributed by atoms with Crippen LogP contribution in [0.25, 0.3) is 0 Å². The summed E-state index contributed by atoms with van der Waals surface area (Å²) in [6.07, 6.45) is 9.26. The summed E-state index contributed by atoms with van der Waals surface area (Å²) in [6, 6.07) is 0. The van der Waals surface area contributed by atoms with Crippen molar-refractivity contribution in [2.45, 2.75) is 72.6 Å². The Morgan fingerprint density at radius 3 is 2.61 bits per heavy atom. The van der Waals surface area contributed by atoms with Gasteiger partial charge in [-0.1, -0.05) is 46.6 Å². The lowest BCUT2D eigenvalue weighted by molar-refractivity contribution is -0.135. The first-order chi connectivity index (χ1) is 10.7. The van der Waals surface area contributed by atoms with Crippen LogP contribution < -0.4 is 0 Å². The third-order valence-electron chi connectivity index (χ3n) is 6.84. The molecule has 3 heteroatoms. The fraction of sp³-hybridized carbons (Fsp3) is 0.850. The van der Waals surface area contributed by atoms with Crippen molar-refractivity contribution in [2.24, 2.45) is 28.6 Å². The zero-order valence-electron chi connectivity index (χ0n) is 15.3. The number of aliphatic hydroxyl groups excluding tert-OH is 1. The predicted molar refractivity (Wildman–Crippen MR) is 93.2 cm³/mol. The molecule has 0 amide bonds. The Balaban J connectivity index is 2.27. The number of aliphatic carboxylic acids is 1. The molecule has 0 bridgehead atoms. The van der Waals surface area contributed by atoms with Gasteiger partial charge in [0.05, 0.1) is 0 Å². The SMILES string of the molecule is CC(CCO)CCC1C(C(=O)O)=CCC2C(C)(C)CCCC12C. The number of carboxylic acids is 1. The molecular formula is C20H34O3. The number of hydrogen-bond acceptors (Lipinski definition) is 2. The van der Waals surface area contributed by atoms with Crippen LogP contribution in [-0.2, 0) is 4.79 Å². The van der Waals surface area contributed by atoms with Gasteiger partial charge in [-0.2, -0.15) is 0 Å². The lowest BCUT2D eigenvalue weighted by atomic mass is 9.48. The van der Waals surface area contributed by atoms with Crippen molar-refractivity contribution >= 4 is 5.97 Å². The number of carbonyl (C=O) groups is 1. The number of carboxylic acid groups (broad SMARTS) is 1. The third kappa shape index (κ3) is 3.65. The third-order valence-corrected chi connectivity index (χ3v) is 6.84. The van der Waals surface area contributed by atoms with Crippen molar-refractivity contribution in [1.29, 1.82) is 0 Å². The predicted octanol–water partition coefficient (Wildman–Crippen LogP) is 4.65. The van der Waals surface area contributed by atoms with E-state index in [1.54, 1.807) is 0 Å². The average Bonchev–Trinajstić information content (AvgIpc) is 2.44. The standard InChI is InChI=1S/C20H34O3/c1-14(10-13-21)6-8-16-15(18(22)23)7-9-17-19(2,3)11-5-12-20(16,17)4/h7,14,16-17,21H,5-6,8-13H2,1-4H3,(H,22,23). The smallest absolute Gasteiger partial charge is 0.331 e. The van der Waals surface area contributed by atoms with Crippen LogP contribution in [0.1, 0.15) is 72.6 Å². The molecule has 0 aliphatic heterocycles. The summed E-state index contributed by atoms with van der Waals surface area (Å²) in [5.41, 5.74) is 1.05. The van der Waals surface area contributed by atoms with E-state index in [1.807, 2.05) is 6.08 Å². The fourth-order valence-electron chi connectivity index (χ4n) is 5.45. The lowest BCUT2D eigenvalue weighted by Gasteiger charge is -2.56. The van der Waals surface area contributed by atoms with E-state index in [4.69, 9.17) is 5.11 Å². The molecule has 0 saturated heterocycles. The number of fused-ring (bicyclic) bond motifs is 1. The highest BCUT2D eigenvalue weighted by Gasteiger charge is 2.53. The largest absolute Gasteiger partial charge is 0.478 e. The van der Waals surface area contributed by atoms with E-state index in [0.717, 1.165) is 32.1 Å². The molecule has 2 N–H and O–H groups in total. The molecule has 132 valence electrons. The van der Waals surface area contributed by atoms with E-state index in [1.165, 1.54) is 12.8 Å². The molecule has 1 fully saturated rings. The minimum Gasteiger partial charge on any atom is -0.478 e. The Labute approximate surface area is 141 Å². The first-order valence-corrected chi connectivity index (χ1v) is 9.26. The maximum atomic E-state index is 11.8. The van der Waals surface area contributed by atoms with Gasteiger partial charge in [0.15, 0.2) is 0 Å². The monoisotopic (exact) mass is 322 g/mol. The van der Waals surface area contributed by atoms with Crippen molar-refractivity contribution in [2.75, 3.05) is 6.61 Å². The van der Waals surface area contributed by atoms with Gasteiger partial charge in [0, 0.05) is 12.2 Å². The molecular weight excluding hydrogens is 288 g/mol. The Morgan fingerprint density at radius 1 is 1.30 bits per heavy atom. The Morgan fingerprint density at radius 2 is 2.00 bits per heavy atom. The summed E-state index contributed by atoms with van der Waals surface area (Å²) in [7, 11) is 0. The van der Waals surface area contributed by atoms with Crippen LogP contribution in [0.4, 0.5) is 0 Å². The number of aliphatic hydroxyl groups is 1. The van der Waals surface area contributed by atoms with Gasteiger partial charge in [-0.05, 0) is 60.7 Å². The van der Waals surface area contributed by atoms with Crippen LogP contribution in [0.3, 0.4) is 0 Å². The van der Waals surface area contributed by atoms with Gasteiger partial charge in [-0.25, -0.2) is 4.79 Å². The van der Waals surface area contributed by atoms with Gasteiger partial charge >= 0.3 is 5.97 Å². The maximum absolute atomic E-state index is 11.8. The highest BCUT2D eigenvalue weighted by Crippen LogP contribution is 2.60. The number of allylic oxidation sites excluding steroid dienone is 1. The van der Waals surface area contributed by atoms with Crippen LogP contribution >= 0.6 is 0 Å². The molecule has 4 unspecified atom stereocenters. The molecule has 2 aliphatic carbocycles. The topological polar surface area (TPSA) is 57.5 Å². The fourth-order valence-corrected chi connectivity index (χ4v) is 5.45. The summed E-state index contributed by atoms with van der Waals surface area (Å²) >= 11 is 0. The molecule has 0 aromatic rings. The highest BCUT2D eigenvalue weighted by molar-refractivity contribution is 5.87. The molecule has 4 atom stereocenters. The van der Waals surface area contributed by atoms with E-state index in [2.05, 4.69) is 27.7 Å². The number of hydrogen-bond donors (Lipinski definition) is 2. The van der Waals surface area contributed by atoms with E-state index < -0.39 is 5.97 Å². The van der Waals surface area contributed by atoms with Gasteiger partial charge in [-0.15, -0.1) is 0 Å². The zero-order valence-corrected chi connectivity index (χ0v) is 15.3. The first kappa shape index (κ1) is 18.5. The van der Waals surface area contributed by atoms with Crippen molar-refractivity contribution in [1.82, 2.24) is 0 Å². The van der Waals surface area contributed by atoms with E-state index in [-0.39, 0.29) is 17.9 Å². The molecule has 2 aliphatic rings. The minimum absolute atomic E-state index is 0.100. The van der Waals surface area contributed by atoms with Crippen molar-refractivity contribution in [3.05, 3.63) is 11.6 Å². The van der Waals surface area contributed by atoms with Crippen molar-refractivity contribution in [3.63, 3.8) is 0 Å². The molecule has 0 heterocycles. The minimum atomic E-state index is -0.729. The van der Waals surface area contributed by atoms with Crippen molar-refractivity contribution in [3.8, 4) is 0 Å². The van der Waals surface area contributed by atoms with E-state index in [0.29, 0.717) is 22.8 Å². The summed E-state index contributed by atoms with van der Waals surface area (Å²) in [6.45, 7) is 9.45. The lowest BCUT2D eigenvalue weighted by Crippen LogP contribution is -2.49. The molecule has 0 radical (unpaired) electrons. The number of rotatable bonds is 6. The zero-order chi connectivity index (χ0) is 17.3. The summed E-state index contributed by atoms with van der Waals surface area (Å²) in [5, 5.41) is 18.8. The van der Waals surface area contributed by atoms with Gasteiger partial charge in [0.1, 0.15) is 0 Å². The molecule has 2 rings (SSSR count). The van der Waals surface area contributed by atoms with Crippen LogP contribution in [-0.4, -0.2) is 22.8 Å². The van der Waals surface area contributed by atoms with Gasteiger partial charge in [0.2, 0.25) is 0 Å². The summed E-state index contributed by atoms with van der Waals surface area (Å²) in [5.74, 6) is 0.452. The normalized spacial score (nSPS) is 34.4. The summed E-state index contributed by atoms with van der Waals surface area (Å²) < 4.78 is 0. The molecule has 1 saturated carbocycles. The average molecular weight is 322 g/mol. The molecule has 23 heavy (non-hydrogen) atoms. The Kier molecular flexibility index (Phi) is 5.60. The Bertz CT molecular complexity index is 466. The Hall–Kier alpha value is -0.830. The summed E-state index contributed by atoms with van der Waals surface area (Å²) in [4.78, 5) is 11.8. The highest BCUT2D eigenvalue weighted by atomic mass is 16.4. The molecule has 0 aromatic heterocycles. The molecule has 3 nitrogen and oxygen atoms in total. The second kappa shape index (κ2) is 6.96. The van der Waals surface area contributed by atoms with E-state index in [9.17, 15) is 9.90 Å². The first-order valence-electron chi connectivity index (χ1n) is 9.26. The van der Waals surface area contributed by atoms with Crippen LogP contribution in [0.15, 0.2) is 11.6 Å². The van der Waals surface area contributed by atoms with Gasteiger partial charge in [0.25, 0.3) is 0 Å². The molecule has 0 aromatic carbocycles.